The highest BCUT2D eigenvalue weighted by Crippen LogP contribution is 2.29. The molecule has 3 aromatic rings. The number of amides is 1. The van der Waals surface area contributed by atoms with Crippen LogP contribution >= 0.6 is 0 Å². The first-order valence-electron chi connectivity index (χ1n) is 8.52. The van der Waals surface area contributed by atoms with Crippen LogP contribution in [0.1, 0.15) is 31.9 Å². The monoisotopic (exact) mass is 320 g/mol. The summed E-state index contributed by atoms with van der Waals surface area (Å²) < 4.78 is 2.12. The number of nitrogens with zero attached hydrogens (tertiary/aromatic N) is 1. The molecule has 0 saturated heterocycles. The Bertz CT molecular complexity index is 800. The second-order valence-electron chi connectivity index (χ2n) is 6.62. The first-order chi connectivity index (χ1) is 11.6. The van der Waals surface area contributed by atoms with Gasteiger partial charge >= 0.3 is 0 Å². The zero-order valence-corrected chi connectivity index (χ0v) is 14.3. The summed E-state index contributed by atoms with van der Waals surface area (Å²) >= 11 is 0. The Morgan fingerprint density at radius 2 is 1.71 bits per heavy atom. The number of nitrogens with one attached hydrogen (secondary N) is 1. The lowest BCUT2D eigenvalue weighted by atomic mass is 9.96. The molecule has 0 saturated carbocycles. The second-order valence-corrected chi connectivity index (χ2v) is 6.62. The van der Waals surface area contributed by atoms with Crippen LogP contribution in [0.15, 0.2) is 67.0 Å². The molecule has 0 radical (unpaired) electrons. The van der Waals surface area contributed by atoms with Gasteiger partial charge in [-0.25, -0.2) is 0 Å². The van der Waals surface area contributed by atoms with E-state index in [0.29, 0.717) is 18.9 Å². The van der Waals surface area contributed by atoms with E-state index in [1.165, 1.54) is 16.3 Å². The molecule has 0 spiro atoms. The van der Waals surface area contributed by atoms with E-state index in [4.69, 9.17) is 0 Å². The molecule has 0 aliphatic carbocycles. The smallest absolute Gasteiger partial charge is 0.222 e. The summed E-state index contributed by atoms with van der Waals surface area (Å²) in [5.74, 6) is 0.548. The van der Waals surface area contributed by atoms with E-state index in [1.54, 1.807) is 0 Å². The lowest BCUT2D eigenvalue weighted by molar-refractivity contribution is -0.121. The minimum Gasteiger partial charge on any atom is -0.356 e. The van der Waals surface area contributed by atoms with Gasteiger partial charge in [-0.1, -0.05) is 56.3 Å². The fourth-order valence-electron chi connectivity index (χ4n) is 3.04. The van der Waals surface area contributed by atoms with E-state index in [9.17, 15) is 4.79 Å². The average Bonchev–Trinajstić information content (AvgIpc) is 3.12. The standard InChI is InChI=1S/C21H24N2O/c1-16(2)15-22-21(24)14-20(23-12-5-6-13-23)19-11-7-9-17-8-3-4-10-18(17)19/h3-13,16,20H,14-15H2,1-2H3,(H,22,24)/t20-/m0/s1. The van der Waals surface area contributed by atoms with E-state index < -0.39 is 0 Å². The van der Waals surface area contributed by atoms with Gasteiger partial charge in [-0.2, -0.15) is 0 Å². The van der Waals surface area contributed by atoms with Crippen LogP contribution in [0.4, 0.5) is 0 Å². The first kappa shape index (κ1) is 16.3. The van der Waals surface area contributed by atoms with Crippen molar-refractivity contribution >= 4 is 16.7 Å². The molecule has 2 aromatic carbocycles. The number of rotatable bonds is 6. The minimum atomic E-state index is -0.00161. The van der Waals surface area contributed by atoms with Crippen LogP contribution < -0.4 is 5.32 Å². The Morgan fingerprint density at radius 3 is 2.46 bits per heavy atom. The van der Waals surface area contributed by atoms with Crippen molar-refractivity contribution in [3.8, 4) is 0 Å². The molecule has 3 nitrogen and oxygen atoms in total. The lowest BCUT2D eigenvalue weighted by Gasteiger charge is -2.21. The van der Waals surface area contributed by atoms with Crippen LogP contribution in [0.25, 0.3) is 10.8 Å². The molecule has 24 heavy (non-hydrogen) atoms. The van der Waals surface area contributed by atoms with Crippen LogP contribution in [0, 0.1) is 5.92 Å². The SMILES string of the molecule is CC(C)CNC(=O)C[C@@H](c1cccc2ccccc12)n1cccc1. The van der Waals surface area contributed by atoms with Crippen LogP contribution in [-0.4, -0.2) is 17.0 Å². The molecular weight excluding hydrogens is 296 g/mol. The van der Waals surface area contributed by atoms with E-state index >= 15 is 0 Å². The molecule has 1 N–H and O–H groups in total. The zero-order valence-electron chi connectivity index (χ0n) is 14.3. The fraction of sp³-hybridized carbons (Fsp3) is 0.286. The summed E-state index contributed by atoms with van der Waals surface area (Å²) in [4.78, 5) is 12.4. The van der Waals surface area contributed by atoms with Crippen LogP contribution in [0.3, 0.4) is 0 Å². The number of fused-ring (bicyclic) bond motifs is 1. The number of benzene rings is 2. The predicted octanol–water partition coefficient (Wildman–Crippen LogP) is 4.39. The van der Waals surface area contributed by atoms with Crippen molar-refractivity contribution in [3.63, 3.8) is 0 Å². The van der Waals surface area contributed by atoms with Crippen molar-refractivity contribution in [1.82, 2.24) is 9.88 Å². The molecular formula is C21H24N2O. The number of hydrogen-bond acceptors (Lipinski definition) is 1. The largest absolute Gasteiger partial charge is 0.356 e. The van der Waals surface area contributed by atoms with Gasteiger partial charge < -0.3 is 9.88 Å². The number of hydrogen-bond donors (Lipinski definition) is 1. The maximum Gasteiger partial charge on any atom is 0.222 e. The molecule has 124 valence electrons. The van der Waals surface area contributed by atoms with E-state index in [-0.39, 0.29) is 11.9 Å². The van der Waals surface area contributed by atoms with Gasteiger partial charge in [0.2, 0.25) is 5.91 Å². The third-order valence-electron chi connectivity index (χ3n) is 4.26. The second kappa shape index (κ2) is 7.35. The highest BCUT2D eigenvalue weighted by atomic mass is 16.1. The predicted molar refractivity (Wildman–Crippen MR) is 99.0 cm³/mol. The van der Waals surface area contributed by atoms with Gasteiger partial charge in [0.1, 0.15) is 0 Å². The lowest BCUT2D eigenvalue weighted by Crippen LogP contribution is -2.29. The summed E-state index contributed by atoms with van der Waals surface area (Å²) in [6, 6.07) is 18.7. The fourth-order valence-corrected chi connectivity index (χ4v) is 3.04. The van der Waals surface area contributed by atoms with Gasteiger partial charge in [-0.05, 0) is 34.4 Å². The van der Waals surface area contributed by atoms with E-state index in [0.717, 1.165) is 0 Å². The molecule has 0 bridgehead atoms. The molecule has 0 aliphatic rings. The van der Waals surface area contributed by atoms with Crippen molar-refractivity contribution in [2.45, 2.75) is 26.3 Å². The Labute approximate surface area is 143 Å². The molecule has 0 aliphatic heterocycles. The first-order valence-corrected chi connectivity index (χ1v) is 8.52. The van der Waals surface area contributed by atoms with Gasteiger partial charge in [-0.3, -0.25) is 4.79 Å². The van der Waals surface area contributed by atoms with E-state index in [1.807, 2.05) is 30.6 Å². The third kappa shape index (κ3) is 3.67. The summed E-state index contributed by atoms with van der Waals surface area (Å²) in [6.07, 6.45) is 4.50. The van der Waals surface area contributed by atoms with Crippen molar-refractivity contribution in [2.24, 2.45) is 5.92 Å². The topological polar surface area (TPSA) is 34.0 Å². The third-order valence-corrected chi connectivity index (χ3v) is 4.26. The van der Waals surface area contributed by atoms with Gasteiger partial charge in [0.05, 0.1) is 12.5 Å². The summed E-state index contributed by atoms with van der Waals surface area (Å²) in [5.41, 5.74) is 1.18. The Kier molecular flexibility index (Phi) is 4.99. The van der Waals surface area contributed by atoms with Gasteiger partial charge in [-0.15, -0.1) is 0 Å². The minimum absolute atomic E-state index is 0.00161. The molecule has 0 fully saturated rings. The van der Waals surface area contributed by atoms with Gasteiger partial charge in [0.15, 0.2) is 0 Å². The van der Waals surface area contributed by atoms with Crippen LogP contribution in [0.5, 0.6) is 0 Å². The molecule has 0 unspecified atom stereocenters. The summed E-state index contributed by atoms with van der Waals surface area (Å²) in [6.45, 7) is 4.93. The molecule has 3 rings (SSSR count). The normalized spacial score (nSPS) is 12.5. The highest BCUT2D eigenvalue weighted by Gasteiger charge is 2.19. The van der Waals surface area contributed by atoms with Crippen molar-refractivity contribution in [1.29, 1.82) is 0 Å². The Balaban J connectivity index is 1.94. The Hall–Kier alpha value is -2.55. The van der Waals surface area contributed by atoms with Gasteiger partial charge in [0.25, 0.3) is 0 Å². The summed E-state index contributed by atoms with van der Waals surface area (Å²) in [7, 11) is 0. The van der Waals surface area contributed by atoms with Crippen molar-refractivity contribution < 1.29 is 4.79 Å². The summed E-state index contributed by atoms with van der Waals surface area (Å²) in [5, 5.41) is 5.45. The van der Waals surface area contributed by atoms with E-state index in [2.05, 4.69) is 60.1 Å². The average molecular weight is 320 g/mol. The van der Waals surface area contributed by atoms with Crippen molar-refractivity contribution in [3.05, 3.63) is 72.6 Å². The quantitative estimate of drug-likeness (QED) is 0.718. The number of aromatic nitrogens is 1. The van der Waals surface area contributed by atoms with Crippen LogP contribution in [-0.2, 0) is 4.79 Å². The molecule has 1 heterocycles. The molecule has 1 amide bonds. The maximum atomic E-state index is 12.4. The Morgan fingerprint density at radius 1 is 1.00 bits per heavy atom. The highest BCUT2D eigenvalue weighted by molar-refractivity contribution is 5.87. The zero-order chi connectivity index (χ0) is 16.9. The molecule has 1 atom stereocenters. The molecule has 1 aromatic heterocycles. The number of carbonyl (C=O) groups excluding carboxylic acids is 1. The molecule has 3 heteroatoms. The maximum absolute atomic E-state index is 12.4. The van der Waals surface area contributed by atoms with Crippen LogP contribution in [0.2, 0.25) is 0 Å². The number of carbonyl (C=O) groups is 1. The van der Waals surface area contributed by atoms with Gasteiger partial charge in [0, 0.05) is 18.9 Å². The van der Waals surface area contributed by atoms with Crippen molar-refractivity contribution in [2.75, 3.05) is 6.54 Å².